The summed E-state index contributed by atoms with van der Waals surface area (Å²) >= 11 is 2.85. The maximum Gasteiger partial charge on any atom is 0.340 e. The lowest BCUT2D eigenvalue weighted by molar-refractivity contribution is 0.0602. The van der Waals surface area contributed by atoms with Crippen molar-refractivity contribution < 1.29 is 14.3 Å². The fraction of sp³-hybridized carbons (Fsp3) is 0.167. The van der Waals surface area contributed by atoms with Gasteiger partial charge in [0.1, 0.15) is 5.00 Å². The van der Waals surface area contributed by atoms with Gasteiger partial charge in [0.15, 0.2) is 0 Å². The maximum absolute atomic E-state index is 13.3. The highest BCUT2D eigenvalue weighted by Gasteiger charge is 2.22. The zero-order valence-corrected chi connectivity index (χ0v) is 18.6. The lowest BCUT2D eigenvalue weighted by atomic mass is 10.0. The van der Waals surface area contributed by atoms with Crippen LogP contribution in [0.2, 0.25) is 0 Å². The molecule has 1 amide bonds. The van der Waals surface area contributed by atoms with Gasteiger partial charge in [-0.1, -0.05) is 48.0 Å². The van der Waals surface area contributed by atoms with Crippen LogP contribution in [0, 0.1) is 13.8 Å². The van der Waals surface area contributed by atoms with Crippen molar-refractivity contribution in [3.05, 3.63) is 86.6 Å². The lowest BCUT2D eigenvalue weighted by Gasteiger charge is -2.08. The summed E-state index contributed by atoms with van der Waals surface area (Å²) in [7, 11) is 1.34. The number of hydrogen-bond acceptors (Lipinski definition) is 5. The predicted octanol–water partition coefficient (Wildman–Crippen LogP) is 6.21. The Bertz CT molecular complexity index is 1240. The highest BCUT2D eigenvalue weighted by Crippen LogP contribution is 2.35. The summed E-state index contributed by atoms with van der Waals surface area (Å²) in [6.45, 7) is 3.96. The predicted molar refractivity (Wildman–Crippen MR) is 124 cm³/mol. The molecule has 0 saturated carbocycles. The minimum atomic E-state index is -0.453. The van der Waals surface area contributed by atoms with E-state index in [0.717, 1.165) is 26.1 Å². The van der Waals surface area contributed by atoms with Crippen LogP contribution in [0.3, 0.4) is 0 Å². The van der Waals surface area contributed by atoms with E-state index in [4.69, 9.17) is 4.74 Å². The number of amides is 1. The second kappa shape index (κ2) is 8.42. The number of methoxy groups -OCH3 is 1. The number of anilines is 1. The highest BCUT2D eigenvalue weighted by molar-refractivity contribution is 7.21. The molecular formula is C24H21NO3S2. The molecule has 4 aromatic rings. The number of rotatable bonds is 5. The molecule has 4 nitrogen and oxygen atoms in total. The molecule has 0 atom stereocenters. The summed E-state index contributed by atoms with van der Waals surface area (Å²) in [6.07, 6.45) is 0.667. The fourth-order valence-corrected chi connectivity index (χ4v) is 5.41. The summed E-state index contributed by atoms with van der Waals surface area (Å²) in [5.74, 6) is -0.656. The van der Waals surface area contributed by atoms with Gasteiger partial charge in [0, 0.05) is 9.58 Å². The third-order valence-corrected chi connectivity index (χ3v) is 7.07. The molecule has 0 unspecified atom stereocenters. The normalized spacial score (nSPS) is 10.9. The Morgan fingerprint density at radius 2 is 1.73 bits per heavy atom. The average Bonchev–Trinajstić information content (AvgIpc) is 3.29. The molecule has 4 rings (SSSR count). The van der Waals surface area contributed by atoms with Gasteiger partial charge in [-0.3, -0.25) is 4.79 Å². The zero-order valence-electron chi connectivity index (χ0n) is 16.9. The molecule has 0 aliphatic heterocycles. The molecule has 30 heavy (non-hydrogen) atoms. The third-order valence-electron chi connectivity index (χ3n) is 4.89. The summed E-state index contributed by atoms with van der Waals surface area (Å²) in [6, 6.07) is 18.2. The van der Waals surface area contributed by atoms with Crippen molar-refractivity contribution >= 4 is 49.6 Å². The van der Waals surface area contributed by atoms with Gasteiger partial charge in [-0.05, 0) is 48.9 Å². The van der Waals surface area contributed by atoms with Gasteiger partial charge in [0.2, 0.25) is 0 Å². The third kappa shape index (κ3) is 4.01. The van der Waals surface area contributed by atoms with Crippen LogP contribution in [0.4, 0.5) is 5.00 Å². The van der Waals surface area contributed by atoms with Crippen LogP contribution in [-0.4, -0.2) is 19.0 Å². The zero-order chi connectivity index (χ0) is 21.3. The molecule has 0 fully saturated rings. The topological polar surface area (TPSA) is 55.4 Å². The van der Waals surface area contributed by atoms with Gasteiger partial charge >= 0.3 is 5.97 Å². The van der Waals surface area contributed by atoms with Gasteiger partial charge < -0.3 is 10.1 Å². The molecule has 6 heteroatoms. The Morgan fingerprint density at radius 1 is 1.00 bits per heavy atom. The molecule has 0 radical (unpaired) electrons. The first-order valence-electron chi connectivity index (χ1n) is 9.52. The smallest absolute Gasteiger partial charge is 0.340 e. The van der Waals surface area contributed by atoms with E-state index in [0.29, 0.717) is 21.9 Å². The van der Waals surface area contributed by atoms with Crippen LogP contribution in [0.1, 0.15) is 41.6 Å². The van der Waals surface area contributed by atoms with E-state index in [1.807, 2.05) is 25.1 Å². The Balaban J connectivity index is 1.72. The lowest BCUT2D eigenvalue weighted by Crippen LogP contribution is -2.14. The summed E-state index contributed by atoms with van der Waals surface area (Å²) in [5.41, 5.74) is 3.75. The van der Waals surface area contributed by atoms with Crippen molar-refractivity contribution in [1.29, 1.82) is 0 Å². The Kier molecular flexibility index (Phi) is 5.70. The Hall–Kier alpha value is -2.96. The van der Waals surface area contributed by atoms with Gasteiger partial charge in [-0.15, -0.1) is 22.7 Å². The molecule has 0 aliphatic carbocycles. The maximum atomic E-state index is 13.3. The summed E-state index contributed by atoms with van der Waals surface area (Å²) < 4.78 is 5.93. The largest absolute Gasteiger partial charge is 0.465 e. The Labute approximate surface area is 183 Å². The van der Waals surface area contributed by atoms with E-state index in [-0.39, 0.29) is 5.91 Å². The van der Waals surface area contributed by atoms with Crippen LogP contribution < -0.4 is 5.32 Å². The van der Waals surface area contributed by atoms with Crippen LogP contribution in [0.5, 0.6) is 0 Å². The summed E-state index contributed by atoms with van der Waals surface area (Å²) in [4.78, 5) is 27.0. The Morgan fingerprint density at radius 3 is 2.47 bits per heavy atom. The fourth-order valence-electron chi connectivity index (χ4n) is 3.40. The minimum absolute atomic E-state index is 0.203. The number of hydrogen-bond donors (Lipinski definition) is 1. The van der Waals surface area contributed by atoms with Crippen molar-refractivity contribution in [2.75, 3.05) is 12.4 Å². The first kappa shape index (κ1) is 20.3. The van der Waals surface area contributed by atoms with E-state index in [1.165, 1.54) is 35.3 Å². The molecule has 2 heterocycles. The number of carbonyl (C=O) groups excluding carboxylic acids is 2. The van der Waals surface area contributed by atoms with Crippen LogP contribution in [-0.2, 0) is 11.2 Å². The average molecular weight is 436 g/mol. The SMILES string of the molecule is COC(=O)c1cc(C)sc1NC(=O)c1sc2ccccc2c1Cc1ccc(C)cc1. The van der Waals surface area contributed by atoms with E-state index in [1.54, 1.807) is 6.07 Å². The van der Waals surface area contributed by atoms with Gasteiger partial charge in [-0.25, -0.2) is 4.79 Å². The van der Waals surface area contributed by atoms with E-state index < -0.39 is 5.97 Å². The molecule has 0 spiro atoms. The quantitative estimate of drug-likeness (QED) is 0.379. The highest BCUT2D eigenvalue weighted by atomic mass is 32.1. The second-order valence-corrected chi connectivity index (χ2v) is 9.42. The van der Waals surface area contributed by atoms with Gasteiger partial charge in [0.25, 0.3) is 5.91 Å². The molecule has 2 aromatic carbocycles. The monoisotopic (exact) mass is 435 g/mol. The number of carbonyl (C=O) groups is 2. The number of fused-ring (bicyclic) bond motifs is 1. The van der Waals surface area contributed by atoms with E-state index in [9.17, 15) is 9.59 Å². The van der Waals surface area contributed by atoms with Crippen LogP contribution in [0.15, 0.2) is 54.6 Å². The molecule has 152 valence electrons. The standard InChI is InChI=1S/C24H21NO3S2/c1-14-8-10-16(11-9-14)13-18-17-6-4-5-7-20(17)30-21(18)22(26)25-23-19(24(27)28-3)12-15(2)29-23/h4-12H,13H2,1-3H3,(H,25,26). The number of benzene rings is 2. The van der Waals surface area contributed by atoms with Crippen molar-refractivity contribution in [2.45, 2.75) is 20.3 Å². The first-order chi connectivity index (χ1) is 14.5. The number of esters is 1. The molecule has 0 aliphatic rings. The number of aryl methyl sites for hydroxylation is 2. The molecule has 1 N–H and O–H groups in total. The van der Waals surface area contributed by atoms with E-state index >= 15 is 0 Å². The van der Waals surface area contributed by atoms with Gasteiger partial charge in [-0.2, -0.15) is 0 Å². The van der Waals surface area contributed by atoms with Crippen molar-refractivity contribution in [1.82, 2.24) is 0 Å². The van der Waals surface area contributed by atoms with Crippen molar-refractivity contribution in [3.8, 4) is 0 Å². The molecule has 0 bridgehead atoms. The molecule has 0 saturated heterocycles. The molecule has 2 aromatic heterocycles. The van der Waals surface area contributed by atoms with Crippen LogP contribution in [0.25, 0.3) is 10.1 Å². The van der Waals surface area contributed by atoms with E-state index in [2.05, 4.69) is 42.6 Å². The number of ether oxygens (including phenoxy) is 1. The van der Waals surface area contributed by atoms with Crippen molar-refractivity contribution in [2.24, 2.45) is 0 Å². The second-order valence-electron chi connectivity index (χ2n) is 7.11. The number of thiophene rings is 2. The molecular weight excluding hydrogens is 414 g/mol. The minimum Gasteiger partial charge on any atom is -0.465 e. The first-order valence-corrected chi connectivity index (χ1v) is 11.2. The summed E-state index contributed by atoms with van der Waals surface area (Å²) in [5, 5.41) is 4.55. The van der Waals surface area contributed by atoms with Gasteiger partial charge in [0.05, 0.1) is 17.6 Å². The van der Waals surface area contributed by atoms with Crippen LogP contribution >= 0.6 is 22.7 Å². The van der Waals surface area contributed by atoms with Crippen molar-refractivity contribution in [3.63, 3.8) is 0 Å². The number of nitrogens with one attached hydrogen (secondary N) is 1.